The van der Waals surface area contributed by atoms with Crippen LogP contribution in [0.25, 0.3) is 10.8 Å². The summed E-state index contributed by atoms with van der Waals surface area (Å²) in [5.74, 6) is -4.96. The normalized spacial score (nSPS) is 21.3. The van der Waals surface area contributed by atoms with Gasteiger partial charge < -0.3 is 63.4 Å². The van der Waals surface area contributed by atoms with Crippen molar-refractivity contribution in [1.82, 2.24) is 30.2 Å². The average Bonchev–Trinajstić information content (AvgIpc) is 1.24. The molecule has 0 aromatic heterocycles. The second-order valence-corrected chi connectivity index (χ2v) is 24.4. The number of esters is 2. The molecule has 1 fully saturated rings. The van der Waals surface area contributed by atoms with Crippen LogP contribution in [0.15, 0.2) is 91.0 Å². The number of nitrogens with one attached hydrogen (secondary N) is 2. The number of benzene rings is 4. The molecule has 0 spiro atoms. The highest BCUT2D eigenvalue weighted by atomic mass is 16.6. The fourth-order valence-corrected chi connectivity index (χ4v) is 10.6. The maximum atomic E-state index is 15.1. The van der Waals surface area contributed by atoms with Gasteiger partial charge in [-0.2, -0.15) is 0 Å². The average molecular weight is 1250 g/mol. The summed E-state index contributed by atoms with van der Waals surface area (Å²) in [6.07, 6.45) is 5.02. The molecule has 4 aromatic carbocycles. The number of amides is 6. The topological polar surface area (TPSA) is 255 Å². The number of cyclic esters (lactones) is 2. The van der Waals surface area contributed by atoms with Gasteiger partial charge in [0.2, 0.25) is 35.2 Å². The molecular formula is C68H90N6O16. The third-order valence-corrected chi connectivity index (χ3v) is 16.1. The van der Waals surface area contributed by atoms with Crippen molar-refractivity contribution < 1.29 is 76.3 Å². The lowest BCUT2D eigenvalue weighted by Gasteiger charge is -2.36. The van der Waals surface area contributed by atoms with Crippen LogP contribution in [0.3, 0.4) is 0 Å². The number of hydrogen-bond acceptors (Lipinski definition) is 16. The van der Waals surface area contributed by atoms with Crippen LogP contribution < -0.4 is 29.6 Å². The fourth-order valence-electron chi connectivity index (χ4n) is 10.6. The van der Waals surface area contributed by atoms with Crippen LogP contribution in [0.2, 0.25) is 0 Å². The van der Waals surface area contributed by atoms with Gasteiger partial charge in [-0.25, -0.2) is 9.59 Å². The predicted octanol–water partition coefficient (Wildman–Crippen LogP) is 6.90. The first kappa shape index (κ1) is 70.6. The van der Waals surface area contributed by atoms with Crippen LogP contribution in [-0.4, -0.2) is 184 Å². The van der Waals surface area contributed by atoms with Crippen molar-refractivity contribution >= 4 is 63.9 Å². The van der Waals surface area contributed by atoms with E-state index in [1.165, 1.54) is 82.0 Å². The molecule has 2 N–H and O–H groups in total. The summed E-state index contributed by atoms with van der Waals surface area (Å²) in [6.45, 7) is 8.74. The summed E-state index contributed by atoms with van der Waals surface area (Å²) in [6, 6.07) is 18.8. The Kier molecular flexibility index (Phi) is 25.7. The van der Waals surface area contributed by atoms with Gasteiger partial charge in [-0.1, -0.05) is 80.4 Å². The van der Waals surface area contributed by atoms with Gasteiger partial charge >= 0.3 is 11.9 Å². The number of rotatable bonds is 13. The van der Waals surface area contributed by atoms with Crippen LogP contribution in [-0.2, 0) is 70.2 Å². The van der Waals surface area contributed by atoms with Gasteiger partial charge in [0.25, 0.3) is 11.8 Å². The van der Waals surface area contributed by atoms with Crippen molar-refractivity contribution in [2.45, 2.75) is 142 Å². The van der Waals surface area contributed by atoms with E-state index in [2.05, 4.69) is 10.6 Å². The van der Waals surface area contributed by atoms with Crippen molar-refractivity contribution in [3.05, 3.63) is 108 Å². The Bertz CT molecular complexity index is 3200. The SMILES string of the molecule is CCCC[C@H]1C(=O)N[C@@H](Cc2ccc3ccccc3c2)C(=O)N(C)[C@@H](COC(C)(C)C)C(=O)NCC(=O)N(C)CCC=CC(=O)OCC(C)(C)C(=O)C(=O)N2CCCC[C@H]2C(=O)O[C@H](CCc2cc(OC)c(OC)c(OC)c2)c2cccc(c2)OCC(=O)N1C. The zero-order chi connectivity index (χ0) is 65.9. The van der Waals surface area contributed by atoms with Crippen molar-refractivity contribution in [3.8, 4) is 23.0 Å². The lowest BCUT2D eigenvalue weighted by molar-refractivity contribution is -0.165. The van der Waals surface area contributed by atoms with E-state index in [0.717, 1.165) is 22.4 Å². The Hall–Kier alpha value is -8.53. The van der Waals surface area contributed by atoms with Crippen molar-refractivity contribution in [1.29, 1.82) is 0 Å². The number of nitrogens with zero attached hydrogens (tertiary/aromatic N) is 4. The largest absolute Gasteiger partial charge is 0.493 e. The number of ether oxygens (including phenoxy) is 7. The van der Waals surface area contributed by atoms with Crippen LogP contribution in [0.5, 0.6) is 23.0 Å². The van der Waals surface area contributed by atoms with Crippen LogP contribution in [0.1, 0.15) is 116 Å². The van der Waals surface area contributed by atoms with E-state index in [1.54, 1.807) is 57.2 Å². The van der Waals surface area contributed by atoms with Gasteiger partial charge in [0.1, 0.15) is 42.6 Å². The third kappa shape index (κ3) is 19.5. The summed E-state index contributed by atoms with van der Waals surface area (Å²) >= 11 is 0. The number of unbranched alkanes of at least 4 members (excludes halogenated alkanes) is 1. The molecule has 2 heterocycles. The molecule has 90 heavy (non-hydrogen) atoms. The van der Waals surface area contributed by atoms with Gasteiger partial charge in [0, 0.05) is 46.7 Å². The summed E-state index contributed by atoms with van der Waals surface area (Å²) in [4.78, 5) is 133. The molecule has 1 saturated heterocycles. The summed E-state index contributed by atoms with van der Waals surface area (Å²) < 4.78 is 40.9. The van der Waals surface area contributed by atoms with E-state index in [9.17, 15) is 38.4 Å². The minimum atomic E-state index is -1.51. The van der Waals surface area contributed by atoms with E-state index in [0.29, 0.717) is 60.5 Å². The van der Waals surface area contributed by atoms with Crippen LogP contribution in [0, 0.1) is 5.41 Å². The minimum absolute atomic E-state index is 0.00520. The number of carbonyl (C=O) groups is 9. The molecule has 22 heteroatoms. The Balaban J connectivity index is 1.36. The molecule has 0 aliphatic carbocycles. The first-order valence-electron chi connectivity index (χ1n) is 30.7. The van der Waals surface area contributed by atoms with Crippen molar-refractivity contribution in [2.24, 2.45) is 5.41 Å². The van der Waals surface area contributed by atoms with Crippen LogP contribution in [0.4, 0.5) is 0 Å². The van der Waals surface area contributed by atoms with Crippen LogP contribution >= 0.6 is 0 Å². The van der Waals surface area contributed by atoms with E-state index >= 15 is 4.79 Å². The number of carbonyl (C=O) groups excluding carboxylic acids is 9. The first-order chi connectivity index (χ1) is 42.8. The lowest BCUT2D eigenvalue weighted by Crippen LogP contribution is -2.59. The molecule has 5 atom stereocenters. The standard InChI is InChI=1S/C68H90N6O16/c1-13-14-26-51-63(80)70-50(36-44-29-31-46-22-15-16-23-47(46)35-44)64(81)73(9)53(41-89-67(2,3)4)62(79)69-40-57(75)71(7)33-19-18-28-59(77)88-43-68(5,6)61(78)65(82)74-34-20-17-27-52(74)66(83)90-54(48-24-21-25-49(39-48)87-42-58(76)72(51)8)32-30-45-37-55(84-10)60(86-12)56(38-45)85-11/h15-16,18,21-25,28-29,31,35,37-39,50-54H,13-14,17,19-20,26-27,30,32-34,36,40-43H2,1-12H3,(H,69,79)(H,70,80)/t50-,51-,52-,53-,54+/m0/s1. The lowest BCUT2D eigenvalue weighted by atomic mass is 9.87. The number of Topliss-reactive ketones (excluding diaryl/α,β-unsaturated/α-hetero) is 1. The van der Waals surface area contributed by atoms with Crippen molar-refractivity contribution in [2.75, 3.05) is 81.9 Å². The summed E-state index contributed by atoms with van der Waals surface area (Å²) in [5, 5.41) is 7.49. The zero-order valence-electron chi connectivity index (χ0n) is 54.2. The number of piperidine rings is 1. The number of aryl methyl sites for hydroxylation is 1. The van der Waals surface area contributed by atoms with Gasteiger partial charge in [-0.05, 0) is 131 Å². The number of methoxy groups -OCH3 is 3. The first-order valence-corrected chi connectivity index (χ1v) is 30.7. The number of ketones is 1. The highest BCUT2D eigenvalue weighted by Crippen LogP contribution is 2.39. The number of hydrogen-bond donors (Lipinski definition) is 2. The second kappa shape index (κ2) is 32.8. The molecule has 0 unspecified atom stereocenters. The summed E-state index contributed by atoms with van der Waals surface area (Å²) in [7, 11) is 8.93. The van der Waals surface area contributed by atoms with E-state index in [-0.39, 0.29) is 57.6 Å². The zero-order valence-corrected chi connectivity index (χ0v) is 54.2. The van der Waals surface area contributed by atoms with Gasteiger partial charge in [-0.3, -0.25) is 33.6 Å². The van der Waals surface area contributed by atoms with Gasteiger partial charge in [-0.15, -0.1) is 0 Å². The fraction of sp³-hybridized carbons (Fsp3) is 0.515. The van der Waals surface area contributed by atoms with E-state index < -0.39 is 114 Å². The molecule has 2 aliphatic heterocycles. The molecule has 2 bridgehead atoms. The monoisotopic (exact) mass is 1250 g/mol. The third-order valence-electron chi connectivity index (χ3n) is 16.1. The number of fused-ring (bicyclic) bond motifs is 4. The molecule has 0 saturated carbocycles. The number of likely N-dealkylation sites (N-methyl/N-ethyl adjacent to an activating group) is 3. The quantitative estimate of drug-likeness (QED) is 0.102. The second-order valence-electron chi connectivity index (χ2n) is 24.4. The van der Waals surface area contributed by atoms with Gasteiger partial charge in [0.15, 0.2) is 18.1 Å². The molecule has 0 radical (unpaired) electrons. The molecule has 6 amide bonds. The Labute approximate surface area is 528 Å². The molecule has 6 rings (SSSR count). The smallest absolute Gasteiger partial charge is 0.330 e. The predicted molar refractivity (Wildman–Crippen MR) is 337 cm³/mol. The van der Waals surface area contributed by atoms with Crippen molar-refractivity contribution in [3.63, 3.8) is 0 Å². The van der Waals surface area contributed by atoms with Gasteiger partial charge in [0.05, 0.1) is 45.5 Å². The minimum Gasteiger partial charge on any atom is -0.493 e. The Morgan fingerprint density at radius 3 is 2.11 bits per heavy atom. The molecule has 488 valence electrons. The molecule has 2 aliphatic rings. The highest BCUT2D eigenvalue weighted by molar-refractivity contribution is 6.38. The molecule has 4 aromatic rings. The Morgan fingerprint density at radius 2 is 1.43 bits per heavy atom. The Morgan fingerprint density at radius 1 is 0.722 bits per heavy atom. The molecule has 22 nitrogen and oxygen atoms in total. The van der Waals surface area contributed by atoms with E-state index in [1.807, 2.05) is 49.4 Å². The van der Waals surface area contributed by atoms with E-state index in [4.69, 9.17) is 33.2 Å². The maximum Gasteiger partial charge on any atom is 0.330 e. The molecular weight excluding hydrogens is 1160 g/mol. The summed E-state index contributed by atoms with van der Waals surface area (Å²) in [5.41, 5.74) is -0.343. The maximum absolute atomic E-state index is 15.1. The highest BCUT2D eigenvalue weighted by Gasteiger charge is 2.43.